The summed E-state index contributed by atoms with van der Waals surface area (Å²) in [7, 11) is 0. The molecule has 0 fully saturated rings. The molecule has 0 aliphatic rings. The Morgan fingerprint density at radius 1 is 0.311 bits per heavy atom. The molecule has 0 aliphatic carbocycles. The quantitative estimate of drug-likeness (QED) is 0.183. The highest BCUT2D eigenvalue weighted by molar-refractivity contribution is 6.36. The van der Waals surface area contributed by atoms with E-state index in [0.717, 1.165) is 0 Å². The van der Waals surface area contributed by atoms with E-state index in [-0.39, 0.29) is 0 Å². The van der Waals surface area contributed by atoms with Gasteiger partial charge in [0.2, 0.25) is 0 Å². The first-order chi connectivity index (χ1) is 22.3. The van der Waals surface area contributed by atoms with Crippen LogP contribution < -0.4 is 0 Å². The van der Waals surface area contributed by atoms with Crippen molar-refractivity contribution in [2.75, 3.05) is 0 Å². The molecule has 0 radical (unpaired) electrons. The molecule has 0 aliphatic heterocycles. The molecule has 0 amide bonds. The fourth-order valence-corrected chi connectivity index (χ4v) is 7.63. The van der Waals surface area contributed by atoms with Crippen molar-refractivity contribution >= 4 is 75.7 Å². The summed E-state index contributed by atoms with van der Waals surface area (Å²) in [5.41, 5.74) is 6.15. The summed E-state index contributed by atoms with van der Waals surface area (Å²) in [4.78, 5) is 0. The fraction of sp³-hybridized carbons (Fsp3) is 0. The number of para-hydroxylation sites is 1. The summed E-state index contributed by atoms with van der Waals surface area (Å²) in [5, 5.41) is 15.4. The van der Waals surface area contributed by atoms with Gasteiger partial charge in [-0.3, -0.25) is 0 Å². The van der Waals surface area contributed by atoms with Gasteiger partial charge in [-0.05, 0) is 84.5 Å². The van der Waals surface area contributed by atoms with Crippen LogP contribution >= 0.6 is 0 Å². The average Bonchev–Trinajstić information content (AvgIpc) is 3.46. The third kappa shape index (κ3) is 3.56. The Hall–Kier alpha value is -5.92. The van der Waals surface area contributed by atoms with E-state index in [0.29, 0.717) is 0 Å². The van der Waals surface area contributed by atoms with Gasteiger partial charge in [0.25, 0.3) is 0 Å². The topological polar surface area (TPSA) is 4.93 Å². The Morgan fingerprint density at radius 2 is 0.867 bits per heavy atom. The molecular weight excluding hydrogens is 542 g/mol. The average molecular weight is 570 g/mol. The Morgan fingerprint density at radius 3 is 1.69 bits per heavy atom. The van der Waals surface area contributed by atoms with Crippen molar-refractivity contribution in [1.29, 1.82) is 0 Å². The van der Waals surface area contributed by atoms with E-state index < -0.39 is 0 Å². The molecule has 0 saturated carbocycles. The molecule has 208 valence electrons. The van der Waals surface area contributed by atoms with Crippen LogP contribution in [0.15, 0.2) is 164 Å². The summed E-state index contributed by atoms with van der Waals surface area (Å²) in [5.74, 6) is 0. The molecule has 0 unspecified atom stereocenters. The monoisotopic (exact) mass is 569 g/mol. The van der Waals surface area contributed by atoms with Crippen LogP contribution in [0.1, 0.15) is 0 Å². The second-order valence-corrected chi connectivity index (χ2v) is 12.1. The van der Waals surface area contributed by atoms with Crippen molar-refractivity contribution in [3.63, 3.8) is 0 Å². The van der Waals surface area contributed by atoms with Crippen molar-refractivity contribution in [1.82, 2.24) is 4.57 Å². The van der Waals surface area contributed by atoms with E-state index in [4.69, 9.17) is 0 Å². The van der Waals surface area contributed by atoms with Crippen LogP contribution in [0.3, 0.4) is 0 Å². The largest absolute Gasteiger partial charge is 0.309 e. The first-order valence-electron chi connectivity index (χ1n) is 15.6. The van der Waals surface area contributed by atoms with E-state index >= 15 is 0 Å². The SMILES string of the molecule is c1ccc2cc(-c3ccc4cc(-n5c6ccccc6c6c7c8ccccc8ccc7c7ccccc7c65)ccc4c3)ccc2c1. The maximum absolute atomic E-state index is 2.49. The van der Waals surface area contributed by atoms with Crippen LogP contribution in [0.4, 0.5) is 0 Å². The van der Waals surface area contributed by atoms with Crippen molar-refractivity contribution in [3.8, 4) is 16.8 Å². The summed E-state index contributed by atoms with van der Waals surface area (Å²) in [6.45, 7) is 0. The van der Waals surface area contributed by atoms with Gasteiger partial charge in [0.05, 0.1) is 11.0 Å². The van der Waals surface area contributed by atoms with Crippen molar-refractivity contribution in [2.45, 2.75) is 0 Å². The highest BCUT2D eigenvalue weighted by Gasteiger charge is 2.20. The van der Waals surface area contributed by atoms with Crippen LogP contribution in [-0.4, -0.2) is 4.57 Å². The molecular formula is C44H27N. The molecule has 1 nitrogen and oxygen atoms in total. The lowest BCUT2D eigenvalue weighted by Crippen LogP contribution is -1.95. The molecule has 0 atom stereocenters. The molecule has 0 bridgehead atoms. The minimum atomic E-state index is 1.18. The van der Waals surface area contributed by atoms with Crippen molar-refractivity contribution in [3.05, 3.63) is 164 Å². The Labute approximate surface area is 260 Å². The predicted molar refractivity (Wildman–Crippen MR) is 194 cm³/mol. The van der Waals surface area contributed by atoms with Gasteiger partial charge in [0.1, 0.15) is 0 Å². The predicted octanol–water partition coefficient (Wildman–Crippen LogP) is 12.2. The van der Waals surface area contributed by atoms with Gasteiger partial charge in [-0.15, -0.1) is 0 Å². The molecule has 1 heterocycles. The van der Waals surface area contributed by atoms with Crippen LogP contribution in [0, 0.1) is 0 Å². The second-order valence-electron chi connectivity index (χ2n) is 12.1. The molecule has 0 saturated heterocycles. The van der Waals surface area contributed by atoms with Crippen molar-refractivity contribution in [2.24, 2.45) is 0 Å². The maximum Gasteiger partial charge on any atom is 0.0626 e. The number of rotatable bonds is 2. The fourth-order valence-electron chi connectivity index (χ4n) is 7.63. The Bertz CT molecular complexity index is 2820. The molecule has 45 heavy (non-hydrogen) atoms. The lowest BCUT2D eigenvalue weighted by atomic mass is 9.93. The highest BCUT2D eigenvalue weighted by atomic mass is 15.0. The van der Waals surface area contributed by atoms with Gasteiger partial charge in [0.15, 0.2) is 0 Å². The molecule has 9 aromatic carbocycles. The van der Waals surface area contributed by atoms with Gasteiger partial charge < -0.3 is 4.57 Å². The normalized spacial score (nSPS) is 12.0. The molecule has 0 spiro atoms. The molecule has 10 aromatic rings. The minimum absolute atomic E-state index is 1.18. The number of nitrogens with zero attached hydrogens (tertiary/aromatic N) is 1. The third-order valence-corrected chi connectivity index (χ3v) is 9.69. The molecule has 10 rings (SSSR count). The molecule has 1 aromatic heterocycles. The second kappa shape index (κ2) is 9.29. The molecule has 1 heteroatoms. The smallest absolute Gasteiger partial charge is 0.0626 e. The number of hydrogen-bond acceptors (Lipinski definition) is 0. The molecule has 0 N–H and O–H groups in total. The number of benzene rings is 9. The zero-order chi connectivity index (χ0) is 29.5. The van der Waals surface area contributed by atoms with Gasteiger partial charge >= 0.3 is 0 Å². The Balaban J connectivity index is 1.26. The van der Waals surface area contributed by atoms with Gasteiger partial charge in [0, 0.05) is 27.2 Å². The van der Waals surface area contributed by atoms with Crippen LogP contribution in [-0.2, 0) is 0 Å². The van der Waals surface area contributed by atoms with Crippen LogP contribution in [0.2, 0.25) is 0 Å². The van der Waals surface area contributed by atoms with E-state index in [1.54, 1.807) is 0 Å². The first-order valence-corrected chi connectivity index (χ1v) is 15.6. The number of fused-ring (bicyclic) bond motifs is 12. The van der Waals surface area contributed by atoms with E-state index in [9.17, 15) is 0 Å². The summed E-state index contributed by atoms with van der Waals surface area (Å²) >= 11 is 0. The lowest BCUT2D eigenvalue weighted by molar-refractivity contribution is 1.19. The van der Waals surface area contributed by atoms with Crippen LogP contribution in [0.5, 0.6) is 0 Å². The third-order valence-electron chi connectivity index (χ3n) is 9.69. The summed E-state index contributed by atoms with van der Waals surface area (Å²) in [6, 6.07) is 60.3. The number of hydrogen-bond donors (Lipinski definition) is 0. The highest BCUT2D eigenvalue weighted by Crippen LogP contribution is 2.45. The standard InChI is InChI=1S/C44H27N/c1-2-11-30-25-31(18-17-28(30)9-1)32-19-20-34-27-35(23-21-33(34)26-32)45-41-16-8-7-15-40(41)43-42-36-12-4-3-10-29(36)22-24-38(42)37-13-5-6-14-39(37)44(43)45/h1-27H. The van der Waals surface area contributed by atoms with Gasteiger partial charge in [-0.25, -0.2) is 0 Å². The zero-order valence-electron chi connectivity index (χ0n) is 24.5. The first kappa shape index (κ1) is 24.5. The van der Waals surface area contributed by atoms with Gasteiger partial charge in [-0.1, -0.05) is 133 Å². The van der Waals surface area contributed by atoms with Crippen molar-refractivity contribution < 1.29 is 0 Å². The number of aromatic nitrogens is 1. The van der Waals surface area contributed by atoms with E-state index in [2.05, 4.69) is 168 Å². The van der Waals surface area contributed by atoms with E-state index in [1.165, 1.54) is 92.5 Å². The summed E-state index contributed by atoms with van der Waals surface area (Å²) in [6.07, 6.45) is 0. The van der Waals surface area contributed by atoms with Crippen LogP contribution in [0.25, 0.3) is 92.5 Å². The zero-order valence-corrected chi connectivity index (χ0v) is 24.5. The minimum Gasteiger partial charge on any atom is -0.309 e. The summed E-state index contributed by atoms with van der Waals surface area (Å²) < 4.78 is 2.49. The maximum atomic E-state index is 2.49. The van der Waals surface area contributed by atoms with Gasteiger partial charge in [-0.2, -0.15) is 0 Å². The van der Waals surface area contributed by atoms with E-state index in [1.807, 2.05) is 0 Å². The lowest BCUT2D eigenvalue weighted by Gasteiger charge is -2.14. The Kier molecular flexibility index (Phi) is 5.06.